The van der Waals surface area contributed by atoms with Crippen molar-refractivity contribution in [1.82, 2.24) is 5.32 Å². The SMILES string of the molecule is CC(C)c1ccc(N2CC[C@H](C(=O)NC[C@H]3Cc4ccccc43)C2=O)cc1. The predicted molar refractivity (Wildman–Crippen MR) is 107 cm³/mol. The van der Waals surface area contributed by atoms with E-state index in [1.165, 1.54) is 16.7 Å². The molecule has 0 unspecified atom stereocenters. The fraction of sp³-hybridized carbons (Fsp3) is 0.391. The van der Waals surface area contributed by atoms with E-state index in [0.29, 0.717) is 31.3 Å². The van der Waals surface area contributed by atoms with Crippen LogP contribution in [0.3, 0.4) is 0 Å². The summed E-state index contributed by atoms with van der Waals surface area (Å²) in [6.07, 6.45) is 1.58. The minimum absolute atomic E-state index is 0.0844. The molecule has 4 nitrogen and oxygen atoms in total. The summed E-state index contributed by atoms with van der Waals surface area (Å²) in [6.45, 7) is 5.51. The fourth-order valence-corrected chi connectivity index (χ4v) is 4.11. The van der Waals surface area contributed by atoms with Crippen molar-refractivity contribution in [2.24, 2.45) is 5.92 Å². The van der Waals surface area contributed by atoms with Gasteiger partial charge in [-0.15, -0.1) is 0 Å². The van der Waals surface area contributed by atoms with Gasteiger partial charge in [0.05, 0.1) is 0 Å². The van der Waals surface area contributed by atoms with Crippen LogP contribution in [-0.4, -0.2) is 24.9 Å². The maximum absolute atomic E-state index is 12.8. The van der Waals surface area contributed by atoms with E-state index in [1.807, 2.05) is 24.3 Å². The van der Waals surface area contributed by atoms with Gasteiger partial charge in [-0.05, 0) is 47.6 Å². The summed E-state index contributed by atoms with van der Waals surface area (Å²) in [5.74, 6) is 0.0550. The molecule has 27 heavy (non-hydrogen) atoms. The lowest BCUT2D eigenvalue weighted by molar-refractivity contribution is -0.132. The molecule has 2 aliphatic rings. The highest BCUT2D eigenvalue weighted by atomic mass is 16.2. The molecule has 4 heteroatoms. The van der Waals surface area contributed by atoms with Gasteiger partial charge in [0.15, 0.2) is 0 Å². The normalized spacial score (nSPS) is 21.1. The third-order valence-electron chi connectivity index (χ3n) is 5.88. The topological polar surface area (TPSA) is 49.4 Å². The Morgan fingerprint density at radius 2 is 1.89 bits per heavy atom. The molecule has 1 saturated heterocycles. The van der Waals surface area contributed by atoms with E-state index in [9.17, 15) is 9.59 Å². The predicted octanol–water partition coefficient (Wildman–Crippen LogP) is 3.62. The molecule has 0 saturated carbocycles. The van der Waals surface area contributed by atoms with Gasteiger partial charge in [-0.2, -0.15) is 0 Å². The van der Waals surface area contributed by atoms with Gasteiger partial charge in [-0.3, -0.25) is 9.59 Å². The Labute approximate surface area is 160 Å². The zero-order valence-electron chi connectivity index (χ0n) is 15.9. The summed E-state index contributed by atoms with van der Waals surface area (Å²) in [5.41, 5.74) is 4.82. The van der Waals surface area contributed by atoms with Gasteiger partial charge in [-0.25, -0.2) is 0 Å². The van der Waals surface area contributed by atoms with Crippen LogP contribution in [-0.2, 0) is 16.0 Å². The van der Waals surface area contributed by atoms with Gasteiger partial charge in [0.2, 0.25) is 11.8 Å². The third-order valence-corrected chi connectivity index (χ3v) is 5.88. The lowest BCUT2D eigenvalue weighted by atomic mass is 9.77. The fourth-order valence-electron chi connectivity index (χ4n) is 4.11. The first kappa shape index (κ1) is 17.8. The van der Waals surface area contributed by atoms with Gasteiger partial charge >= 0.3 is 0 Å². The number of hydrogen-bond acceptors (Lipinski definition) is 2. The van der Waals surface area contributed by atoms with E-state index in [2.05, 4.69) is 43.4 Å². The van der Waals surface area contributed by atoms with E-state index in [0.717, 1.165) is 12.1 Å². The van der Waals surface area contributed by atoms with Crippen molar-refractivity contribution in [3.63, 3.8) is 0 Å². The molecule has 0 bridgehead atoms. The second-order valence-corrected chi connectivity index (χ2v) is 7.92. The minimum Gasteiger partial charge on any atom is -0.355 e. The number of benzene rings is 2. The number of hydrogen-bond donors (Lipinski definition) is 1. The summed E-state index contributed by atoms with van der Waals surface area (Å²) >= 11 is 0. The van der Waals surface area contributed by atoms with Crippen LogP contribution in [0.1, 0.15) is 48.8 Å². The lowest BCUT2D eigenvalue weighted by Crippen LogP contribution is -2.40. The monoisotopic (exact) mass is 362 g/mol. The number of anilines is 1. The van der Waals surface area contributed by atoms with Crippen LogP contribution in [0.4, 0.5) is 5.69 Å². The summed E-state index contributed by atoms with van der Waals surface area (Å²) in [6, 6.07) is 16.4. The van der Waals surface area contributed by atoms with Crippen LogP contribution in [0.5, 0.6) is 0 Å². The number of carbonyl (C=O) groups excluding carboxylic acids is 2. The molecule has 2 aromatic rings. The van der Waals surface area contributed by atoms with Crippen molar-refractivity contribution >= 4 is 17.5 Å². The Morgan fingerprint density at radius 3 is 2.59 bits per heavy atom. The molecule has 1 aliphatic heterocycles. The van der Waals surface area contributed by atoms with Gasteiger partial charge in [0.25, 0.3) is 0 Å². The van der Waals surface area contributed by atoms with E-state index in [4.69, 9.17) is 0 Å². The Hall–Kier alpha value is -2.62. The Morgan fingerprint density at radius 1 is 1.15 bits per heavy atom. The number of rotatable bonds is 5. The molecule has 2 amide bonds. The van der Waals surface area contributed by atoms with Crippen molar-refractivity contribution in [2.75, 3.05) is 18.0 Å². The van der Waals surface area contributed by atoms with Gasteiger partial charge in [0, 0.05) is 24.7 Å². The minimum atomic E-state index is -0.565. The van der Waals surface area contributed by atoms with Crippen LogP contribution in [0.25, 0.3) is 0 Å². The average molecular weight is 362 g/mol. The molecular weight excluding hydrogens is 336 g/mol. The van der Waals surface area contributed by atoms with Crippen LogP contribution >= 0.6 is 0 Å². The van der Waals surface area contributed by atoms with E-state index < -0.39 is 5.92 Å². The standard InChI is InChI=1S/C23H26N2O2/c1-15(2)16-7-9-19(10-8-16)25-12-11-21(23(25)27)22(26)24-14-18-13-17-5-3-4-6-20(17)18/h3-10,15,18,21H,11-14H2,1-2H3,(H,24,26)/t18-,21-/m1/s1. The second-order valence-electron chi connectivity index (χ2n) is 7.92. The molecule has 2 aromatic carbocycles. The van der Waals surface area contributed by atoms with Crippen molar-refractivity contribution in [3.05, 3.63) is 65.2 Å². The molecule has 1 aliphatic carbocycles. The van der Waals surface area contributed by atoms with Gasteiger partial charge < -0.3 is 10.2 Å². The molecular formula is C23H26N2O2. The van der Waals surface area contributed by atoms with E-state index in [-0.39, 0.29) is 11.8 Å². The van der Waals surface area contributed by atoms with E-state index >= 15 is 0 Å². The van der Waals surface area contributed by atoms with Crippen molar-refractivity contribution in [2.45, 2.75) is 38.5 Å². The zero-order chi connectivity index (χ0) is 19.0. The number of carbonyl (C=O) groups is 2. The quantitative estimate of drug-likeness (QED) is 0.826. The van der Waals surface area contributed by atoms with Crippen molar-refractivity contribution in [1.29, 1.82) is 0 Å². The maximum Gasteiger partial charge on any atom is 0.239 e. The zero-order valence-corrected chi connectivity index (χ0v) is 15.9. The first-order chi connectivity index (χ1) is 13.0. The molecule has 0 spiro atoms. The average Bonchev–Trinajstić information content (AvgIpc) is 3.04. The molecule has 2 atom stereocenters. The Kier molecular flexibility index (Phi) is 4.73. The van der Waals surface area contributed by atoms with Gasteiger partial charge in [0.1, 0.15) is 5.92 Å². The smallest absolute Gasteiger partial charge is 0.239 e. The highest BCUT2D eigenvalue weighted by Gasteiger charge is 2.38. The summed E-state index contributed by atoms with van der Waals surface area (Å²) in [5, 5.41) is 3.01. The maximum atomic E-state index is 12.8. The van der Waals surface area contributed by atoms with Crippen LogP contribution < -0.4 is 10.2 Å². The molecule has 1 N–H and O–H groups in total. The molecule has 0 radical (unpaired) electrons. The van der Waals surface area contributed by atoms with Crippen LogP contribution in [0, 0.1) is 5.92 Å². The van der Waals surface area contributed by atoms with E-state index in [1.54, 1.807) is 4.90 Å². The Bertz CT molecular complexity index is 857. The number of fused-ring (bicyclic) bond motifs is 1. The Balaban J connectivity index is 1.35. The lowest BCUT2D eigenvalue weighted by Gasteiger charge is -2.30. The molecule has 4 rings (SSSR count). The molecule has 0 aromatic heterocycles. The van der Waals surface area contributed by atoms with Crippen LogP contribution in [0.15, 0.2) is 48.5 Å². The summed E-state index contributed by atoms with van der Waals surface area (Å²) in [7, 11) is 0. The van der Waals surface area contributed by atoms with Gasteiger partial charge in [-0.1, -0.05) is 50.2 Å². The molecule has 1 heterocycles. The summed E-state index contributed by atoms with van der Waals surface area (Å²) < 4.78 is 0. The highest BCUT2D eigenvalue weighted by Crippen LogP contribution is 2.34. The largest absolute Gasteiger partial charge is 0.355 e. The number of amides is 2. The highest BCUT2D eigenvalue weighted by molar-refractivity contribution is 6.09. The molecule has 1 fully saturated rings. The molecule has 140 valence electrons. The second kappa shape index (κ2) is 7.18. The third kappa shape index (κ3) is 3.36. The summed E-state index contributed by atoms with van der Waals surface area (Å²) in [4.78, 5) is 27.1. The van der Waals surface area contributed by atoms with Crippen LogP contribution in [0.2, 0.25) is 0 Å². The first-order valence-electron chi connectivity index (χ1n) is 9.81. The van der Waals surface area contributed by atoms with Crippen molar-refractivity contribution < 1.29 is 9.59 Å². The number of nitrogens with one attached hydrogen (secondary N) is 1. The first-order valence-corrected chi connectivity index (χ1v) is 9.81. The number of nitrogens with zero attached hydrogens (tertiary/aromatic N) is 1. The van der Waals surface area contributed by atoms with Crippen molar-refractivity contribution in [3.8, 4) is 0 Å².